The molecule has 32 heavy (non-hydrogen) atoms. The van der Waals surface area contributed by atoms with Crippen molar-refractivity contribution in [3.63, 3.8) is 0 Å². The molecule has 8 heteroatoms. The summed E-state index contributed by atoms with van der Waals surface area (Å²) in [7, 11) is 0. The van der Waals surface area contributed by atoms with Crippen LogP contribution in [0.25, 0.3) is 0 Å². The molecule has 0 spiro atoms. The van der Waals surface area contributed by atoms with Crippen LogP contribution in [-0.2, 0) is 19.1 Å². The average molecular weight is 447 g/mol. The van der Waals surface area contributed by atoms with Gasteiger partial charge in [-0.1, -0.05) is 57.9 Å². The number of nitrogens with zero attached hydrogens (tertiary/aromatic N) is 2. The lowest BCUT2D eigenvalue weighted by atomic mass is 9.92. The Kier molecular flexibility index (Phi) is 10.6. The molecule has 0 aromatic rings. The molecule has 0 aromatic carbocycles. The third kappa shape index (κ3) is 6.42. The fraction of sp³-hybridized carbons (Fsp3) is 0.500. The minimum Gasteiger partial charge on any atom is -0.447 e. The van der Waals surface area contributed by atoms with E-state index in [0.29, 0.717) is 38.1 Å². The van der Waals surface area contributed by atoms with E-state index < -0.39 is 18.1 Å². The molecule has 3 fully saturated rings. The molecule has 2 saturated heterocycles. The number of carbonyl (C=O) groups excluding carboxylic acids is 4. The van der Waals surface area contributed by atoms with E-state index in [0.717, 1.165) is 30.2 Å². The minimum absolute atomic E-state index is 0. The number of ether oxygens (including phenoxy) is 2. The van der Waals surface area contributed by atoms with Crippen molar-refractivity contribution < 1.29 is 28.7 Å². The molecule has 3 aliphatic carbocycles. The Morgan fingerprint density at radius 1 is 0.938 bits per heavy atom. The highest BCUT2D eigenvalue weighted by atomic mass is 16.6. The van der Waals surface area contributed by atoms with Gasteiger partial charge >= 0.3 is 12.2 Å². The summed E-state index contributed by atoms with van der Waals surface area (Å²) in [6.07, 6.45) is 15.8. The summed E-state index contributed by atoms with van der Waals surface area (Å²) < 4.78 is 9.28. The van der Waals surface area contributed by atoms with E-state index in [1.165, 1.54) is 4.90 Å². The van der Waals surface area contributed by atoms with Gasteiger partial charge in [0, 0.05) is 5.92 Å². The van der Waals surface area contributed by atoms with Gasteiger partial charge in [0.05, 0.1) is 13.1 Å². The number of allylic oxidation sites excluding steroid dienone is 6. The molecule has 2 bridgehead atoms. The number of fused-ring (bicyclic) bond motifs is 2. The van der Waals surface area contributed by atoms with Gasteiger partial charge in [0.15, 0.2) is 0 Å². The van der Waals surface area contributed by atoms with E-state index >= 15 is 0 Å². The van der Waals surface area contributed by atoms with Gasteiger partial charge in [-0.15, -0.1) is 0 Å². The lowest BCUT2D eigenvalue weighted by molar-refractivity contribution is -0.132. The molecule has 3 unspecified atom stereocenters. The molecule has 0 radical (unpaired) electrons. The average Bonchev–Trinajstić information content (AvgIpc) is 3.57. The monoisotopic (exact) mass is 446 g/mol. The number of imide groups is 2. The van der Waals surface area contributed by atoms with Crippen molar-refractivity contribution >= 4 is 24.0 Å². The summed E-state index contributed by atoms with van der Waals surface area (Å²) >= 11 is 0. The third-order valence-corrected chi connectivity index (χ3v) is 5.48. The van der Waals surface area contributed by atoms with Crippen LogP contribution in [0, 0.1) is 17.8 Å². The highest BCUT2D eigenvalue weighted by Crippen LogP contribution is 2.44. The van der Waals surface area contributed by atoms with Gasteiger partial charge < -0.3 is 9.47 Å². The lowest BCUT2D eigenvalue weighted by Crippen LogP contribution is -2.38. The zero-order chi connectivity index (χ0) is 21.5. The molecule has 0 aromatic heterocycles. The molecular weight excluding hydrogens is 412 g/mol. The first-order chi connectivity index (χ1) is 14.5. The fourth-order valence-corrected chi connectivity index (χ4v) is 3.96. The SMILES string of the molecule is C.C.C1=CCC=C1.C=CC(=O)N1CCOC1=O.O=C1OCCN1C(=O)C1CC2C=CC1C2. The lowest BCUT2D eigenvalue weighted by Gasteiger charge is -2.20. The fourth-order valence-electron chi connectivity index (χ4n) is 3.96. The van der Waals surface area contributed by atoms with Crippen LogP contribution in [-0.4, -0.2) is 60.1 Å². The molecule has 3 atom stereocenters. The first-order valence-corrected chi connectivity index (χ1v) is 10.1. The van der Waals surface area contributed by atoms with Gasteiger partial charge in [0.1, 0.15) is 13.2 Å². The van der Waals surface area contributed by atoms with Crippen LogP contribution in [0.5, 0.6) is 0 Å². The second-order valence-electron chi connectivity index (χ2n) is 7.39. The summed E-state index contributed by atoms with van der Waals surface area (Å²) in [4.78, 5) is 46.9. The Bertz CT molecular complexity index is 790. The third-order valence-electron chi connectivity index (χ3n) is 5.48. The maximum absolute atomic E-state index is 12.0. The van der Waals surface area contributed by atoms with E-state index in [-0.39, 0.29) is 26.7 Å². The number of hydrogen-bond acceptors (Lipinski definition) is 6. The van der Waals surface area contributed by atoms with Crippen molar-refractivity contribution in [1.82, 2.24) is 9.80 Å². The second kappa shape index (κ2) is 12.6. The highest BCUT2D eigenvalue weighted by molar-refractivity contribution is 5.99. The maximum atomic E-state index is 12.0. The van der Waals surface area contributed by atoms with Crippen LogP contribution in [0.4, 0.5) is 9.59 Å². The first-order valence-electron chi connectivity index (χ1n) is 10.1. The Morgan fingerprint density at radius 2 is 1.53 bits per heavy atom. The van der Waals surface area contributed by atoms with Gasteiger partial charge in [-0.2, -0.15) is 0 Å². The van der Waals surface area contributed by atoms with E-state index in [4.69, 9.17) is 4.74 Å². The summed E-state index contributed by atoms with van der Waals surface area (Å²) in [5.74, 6) is 0.501. The van der Waals surface area contributed by atoms with Gasteiger partial charge in [0.2, 0.25) is 5.91 Å². The van der Waals surface area contributed by atoms with Crippen molar-refractivity contribution in [2.45, 2.75) is 34.1 Å². The largest absolute Gasteiger partial charge is 0.447 e. The molecule has 176 valence electrons. The van der Waals surface area contributed by atoms with Crippen molar-refractivity contribution in [2.24, 2.45) is 17.8 Å². The normalized spacial score (nSPS) is 25.6. The van der Waals surface area contributed by atoms with E-state index in [1.54, 1.807) is 0 Å². The zero-order valence-electron chi connectivity index (χ0n) is 16.8. The van der Waals surface area contributed by atoms with Gasteiger partial charge in [-0.3, -0.25) is 9.59 Å². The Morgan fingerprint density at radius 3 is 1.91 bits per heavy atom. The van der Waals surface area contributed by atoms with Crippen molar-refractivity contribution in [2.75, 3.05) is 26.3 Å². The zero-order valence-corrected chi connectivity index (χ0v) is 16.8. The number of hydrogen-bond donors (Lipinski definition) is 0. The van der Waals surface area contributed by atoms with E-state index in [1.807, 2.05) is 0 Å². The van der Waals surface area contributed by atoms with Gasteiger partial charge in [-0.05, 0) is 37.2 Å². The molecular formula is C24H34N2O6. The topological polar surface area (TPSA) is 93.2 Å². The van der Waals surface area contributed by atoms with Crippen LogP contribution >= 0.6 is 0 Å². The molecule has 4 amide bonds. The van der Waals surface area contributed by atoms with Crippen molar-refractivity contribution in [1.29, 1.82) is 0 Å². The van der Waals surface area contributed by atoms with Crippen LogP contribution in [0.3, 0.4) is 0 Å². The van der Waals surface area contributed by atoms with E-state index in [9.17, 15) is 19.2 Å². The number of carbonyl (C=O) groups is 4. The van der Waals surface area contributed by atoms with Gasteiger partial charge in [-0.25, -0.2) is 19.4 Å². The summed E-state index contributed by atoms with van der Waals surface area (Å²) in [5.41, 5.74) is 0. The van der Waals surface area contributed by atoms with Gasteiger partial charge in [0.25, 0.3) is 5.91 Å². The predicted molar refractivity (Wildman–Crippen MR) is 122 cm³/mol. The Hall–Kier alpha value is -3.16. The quantitative estimate of drug-likeness (QED) is 0.468. The Labute approximate surface area is 190 Å². The standard InChI is InChI=1S/C11H13NO3.C6H7NO3.C5H6.2CH4/c13-10(12-3-4-15-11(12)14)9-6-7-1-2-8(9)5-7;1-2-5(8)7-3-4-10-6(7)9;1-2-4-5-3-1;;/h1-2,7-9H,3-6H2;2H,1,3-4H2;1-4H,5H2;2*1H4. The van der Waals surface area contributed by atoms with Crippen molar-refractivity contribution in [3.8, 4) is 0 Å². The molecule has 2 heterocycles. The molecule has 5 rings (SSSR count). The second-order valence-corrected chi connectivity index (χ2v) is 7.39. The number of amides is 4. The summed E-state index contributed by atoms with van der Waals surface area (Å²) in [6.45, 7) is 4.64. The van der Waals surface area contributed by atoms with E-state index in [2.05, 4.69) is 47.8 Å². The molecule has 1 saturated carbocycles. The van der Waals surface area contributed by atoms with Crippen LogP contribution in [0.1, 0.15) is 34.1 Å². The highest BCUT2D eigenvalue weighted by Gasteiger charge is 2.44. The minimum atomic E-state index is -0.579. The van der Waals surface area contributed by atoms with Crippen LogP contribution in [0.15, 0.2) is 49.1 Å². The smallest absolute Gasteiger partial charge is 0.416 e. The molecule has 0 N–H and O–H groups in total. The summed E-state index contributed by atoms with van der Waals surface area (Å²) in [5, 5.41) is 0. The maximum Gasteiger partial charge on any atom is 0.416 e. The molecule has 5 aliphatic rings. The molecule has 2 aliphatic heterocycles. The number of cyclic esters (lactones) is 2. The molecule has 8 nitrogen and oxygen atoms in total. The number of rotatable bonds is 2. The summed E-state index contributed by atoms with van der Waals surface area (Å²) in [6, 6.07) is 0. The Balaban J connectivity index is 0.000000262. The van der Waals surface area contributed by atoms with Crippen molar-refractivity contribution in [3.05, 3.63) is 49.1 Å². The first kappa shape index (κ1) is 26.9. The van der Waals surface area contributed by atoms with Crippen LogP contribution < -0.4 is 0 Å². The van der Waals surface area contributed by atoms with Crippen LogP contribution in [0.2, 0.25) is 0 Å². The predicted octanol–water partition coefficient (Wildman–Crippen LogP) is 4.10.